The van der Waals surface area contributed by atoms with Gasteiger partial charge in [-0.1, -0.05) is 36.4 Å². The van der Waals surface area contributed by atoms with E-state index in [4.69, 9.17) is 10.3 Å². The number of nitrogens with two attached hydrogens (primary N) is 1. The Morgan fingerprint density at radius 2 is 1.48 bits per heavy atom. The van der Waals surface area contributed by atoms with Crippen molar-refractivity contribution >= 4 is 44.6 Å². The van der Waals surface area contributed by atoms with Crippen LogP contribution in [0.1, 0.15) is 0 Å². The van der Waals surface area contributed by atoms with Gasteiger partial charge in [0.2, 0.25) is 0 Å². The lowest BCUT2D eigenvalue weighted by molar-refractivity contribution is 0.472. The molecule has 0 unspecified atom stereocenters. The second-order valence-electron chi connectivity index (χ2n) is 4.45. The molecule has 0 aliphatic carbocycles. The molecule has 0 saturated heterocycles. The fourth-order valence-electron chi connectivity index (χ4n) is 1.89. The molecular formula is C14H16N2O3S2. The highest BCUT2D eigenvalue weighted by molar-refractivity contribution is 7.88. The molecule has 0 fully saturated rings. The van der Waals surface area contributed by atoms with Crippen LogP contribution >= 0.6 is 12.6 Å². The summed E-state index contributed by atoms with van der Waals surface area (Å²) in [6, 6.07) is 16.8. The second-order valence-corrected chi connectivity index (χ2v) is 6.45. The van der Waals surface area contributed by atoms with E-state index in [1.54, 1.807) is 0 Å². The molecule has 1 aromatic heterocycles. The highest BCUT2D eigenvalue weighted by Crippen LogP contribution is 2.24. The lowest BCUT2D eigenvalue weighted by Crippen LogP contribution is -2.31. The quantitative estimate of drug-likeness (QED) is 0.430. The lowest BCUT2D eigenvalue weighted by atomic mass is 10.2. The van der Waals surface area contributed by atoms with Gasteiger partial charge in [0.05, 0.1) is 0 Å². The van der Waals surface area contributed by atoms with Gasteiger partial charge in [0.25, 0.3) is 10.1 Å². The second kappa shape index (κ2) is 6.48. The Morgan fingerprint density at radius 3 is 1.81 bits per heavy atom. The van der Waals surface area contributed by atoms with Gasteiger partial charge in [-0.2, -0.15) is 21.0 Å². The molecule has 0 spiro atoms. The Kier molecular flexibility index (Phi) is 4.89. The molecule has 0 saturated carbocycles. The third-order valence-corrected chi connectivity index (χ3v) is 4.55. The van der Waals surface area contributed by atoms with Crippen LogP contribution in [0.3, 0.4) is 0 Å². The zero-order valence-electron chi connectivity index (χ0n) is 11.1. The molecule has 112 valence electrons. The van der Waals surface area contributed by atoms with E-state index in [2.05, 4.69) is 66.1 Å². The average molecular weight is 324 g/mol. The summed E-state index contributed by atoms with van der Waals surface area (Å²) in [6.45, 7) is 0. The molecule has 1 atom stereocenters. The van der Waals surface area contributed by atoms with Gasteiger partial charge in [0.1, 0.15) is 5.37 Å². The number of hydrogen-bond donors (Lipinski definition) is 4. The Bertz CT molecular complexity index is 793. The summed E-state index contributed by atoms with van der Waals surface area (Å²) in [4.78, 5) is 3.38. The Balaban J connectivity index is 0.000000177. The summed E-state index contributed by atoms with van der Waals surface area (Å²) in [7, 11) is -4.05. The van der Waals surface area contributed by atoms with Gasteiger partial charge in [0, 0.05) is 27.6 Å². The fraction of sp³-hybridized carbons (Fsp3) is 0.143. The van der Waals surface area contributed by atoms with Crippen LogP contribution in [0.2, 0.25) is 0 Å². The van der Waals surface area contributed by atoms with Crippen molar-refractivity contribution in [1.82, 2.24) is 4.98 Å². The lowest BCUT2D eigenvalue weighted by Gasteiger charge is -2.00. The van der Waals surface area contributed by atoms with E-state index < -0.39 is 15.5 Å². The molecule has 5 nitrogen and oxygen atoms in total. The van der Waals surface area contributed by atoms with Crippen LogP contribution in [0.25, 0.3) is 21.8 Å². The molecule has 4 N–H and O–H groups in total. The first-order valence-electron chi connectivity index (χ1n) is 6.21. The minimum absolute atomic E-state index is 0.0706. The van der Waals surface area contributed by atoms with Gasteiger partial charge in [-0.3, -0.25) is 4.55 Å². The molecule has 3 rings (SSSR count). The molecule has 7 heteroatoms. The first-order chi connectivity index (χ1) is 9.93. The SMILES string of the molecule is N[C@@H](CS)S(=O)(=O)O.c1ccc2c(c1)[nH]c1ccccc12. The number of benzene rings is 2. The summed E-state index contributed by atoms with van der Waals surface area (Å²) in [5.74, 6) is -0.0706. The molecule has 0 aliphatic heterocycles. The maximum absolute atomic E-state index is 9.94. The van der Waals surface area contributed by atoms with Gasteiger partial charge in [-0.15, -0.1) is 0 Å². The van der Waals surface area contributed by atoms with Crippen LogP contribution in [0, 0.1) is 0 Å². The van der Waals surface area contributed by atoms with E-state index >= 15 is 0 Å². The minimum atomic E-state index is -4.05. The smallest absolute Gasteiger partial charge is 0.281 e. The number of H-pyrrole nitrogens is 1. The number of rotatable bonds is 2. The number of aromatic nitrogens is 1. The number of para-hydroxylation sites is 2. The van der Waals surface area contributed by atoms with Gasteiger partial charge in [-0.05, 0) is 12.1 Å². The number of aromatic amines is 1. The molecule has 3 aromatic rings. The van der Waals surface area contributed by atoms with Crippen molar-refractivity contribution in [2.45, 2.75) is 5.37 Å². The topological polar surface area (TPSA) is 96.2 Å². The minimum Gasteiger partial charge on any atom is -0.355 e. The molecule has 0 aliphatic rings. The van der Waals surface area contributed by atoms with Crippen molar-refractivity contribution in [3.05, 3.63) is 48.5 Å². The number of hydrogen-bond acceptors (Lipinski definition) is 4. The summed E-state index contributed by atoms with van der Waals surface area (Å²) >= 11 is 3.54. The highest BCUT2D eigenvalue weighted by Gasteiger charge is 2.14. The molecule has 0 amide bonds. The predicted molar refractivity (Wildman–Crippen MR) is 89.2 cm³/mol. The summed E-state index contributed by atoms with van der Waals surface area (Å²) in [5.41, 5.74) is 7.26. The first kappa shape index (κ1) is 15.8. The molecule has 21 heavy (non-hydrogen) atoms. The Hall–Kier alpha value is -1.54. The van der Waals surface area contributed by atoms with Crippen molar-refractivity contribution in [3.8, 4) is 0 Å². The van der Waals surface area contributed by atoms with E-state index in [0.717, 1.165) is 0 Å². The van der Waals surface area contributed by atoms with Crippen molar-refractivity contribution in [1.29, 1.82) is 0 Å². The van der Waals surface area contributed by atoms with Gasteiger partial charge in [0.15, 0.2) is 0 Å². The first-order valence-corrected chi connectivity index (χ1v) is 8.35. The van der Waals surface area contributed by atoms with Gasteiger partial charge in [-0.25, -0.2) is 0 Å². The van der Waals surface area contributed by atoms with E-state index in [1.807, 2.05) is 0 Å². The summed E-state index contributed by atoms with van der Waals surface area (Å²) < 4.78 is 28.0. The summed E-state index contributed by atoms with van der Waals surface area (Å²) in [5, 5.41) is 1.35. The molecule has 2 aromatic carbocycles. The third kappa shape index (κ3) is 3.76. The van der Waals surface area contributed by atoms with E-state index in [9.17, 15) is 8.42 Å². The zero-order valence-corrected chi connectivity index (χ0v) is 12.8. The maximum atomic E-state index is 9.94. The number of thiol groups is 1. The van der Waals surface area contributed by atoms with E-state index in [-0.39, 0.29) is 5.75 Å². The monoisotopic (exact) mass is 324 g/mol. The number of fused-ring (bicyclic) bond motifs is 3. The molecular weight excluding hydrogens is 308 g/mol. The Morgan fingerprint density at radius 1 is 1.05 bits per heavy atom. The Labute approximate surface area is 128 Å². The van der Waals surface area contributed by atoms with Crippen molar-refractivity contribution < 1.29 is 13.0 Å². The van der Waals surface area contributed by atoms with Crippen molar-refractivity contribution in [3.63, 3.8) is 0 Å². The molecule has 0 bridgehead atoms. The normalized spacial score (nSPS) is 12.9. The maximum Gasteiger partial charge on any atom is 0.281 e. The largest absolute Gasteiger partial charge is 0.355 e. The van der Waals surface area contributed by atoms with Crippen LogP contribution in [0.5, 0.6) is 0 Å². The van der Waals surface area contributed by atoms with Crippen molar-refractivity contribution in [2.24, 2.45) is 5.73 Å². The molecule has 1 heterocycles. The average Bonchev–Trinajstić information content (AvgIpc) is 2.84. The predicted octanol–water partition coefficient (Wildman–Crippen LogP) is 2.41. The van der Waals surface area contributed by atoms with Crippen LogP contribution in [0.4, 0.5) is 0 Å². The molecule has 0 radical (unpaired) electrons. The highest BCUT2D eigenvalue weighted by atomic mass is 32.2. The van der Waals surface area contributed by atoms with Crippen molar-refractivity contribution in [2.75, 3.05) is 5.75 Å². The summed E-state index contributed by atoms with van der Waals surface area (Å²) in [6.07, 6.45) is 0. The van der Waals surface area contributed by atoms with E-state index in [1.165, 1.54) is 21.8 Å². The van der Waals surface area contributed by atoms with Crippen LogP contribution in [0.15, 0.2) is 48.5 Å². The van der Waals surface area contributed by atoms with Crippen LogP contribution in [-0.2, 0) is 10.1 Å². The van der Waals surface area contributed by atoms with Gasteiger partial charge >= 0.3 is 0 Å². The third-order valence-electron chi connectivity index (χ3n) is 2.98. The van der Waals surface area contributed by atoms with Crippen LogP contribution < -0.4 is 5.73 Å². The zero-order chi connectivity index (χ0) is 15.5. The van der Waals surface area contributed by atoms with E-state index in [0.29, 0.717) is 0 Å². The van der Waals surface area contributed by atoms with Gasteiger partial charge < -0.3 is 10.7 Å². The standard InChI is InChI=1S/C12H9N.C2H7NO3S2/c1-3-7-11-9(5-1)10-6-2-4-8-12(10)13-11;3-2(1-7)8(4,5)6/h1-8,13H;2,7H,1,3H2,(H,4,5,6)/t;2-/m.1/s1. The fourth-order valence-corrected chi connectivity index (χ4v) is 2.65. The number of nitrogens with one attached hydrogen (secondary N) is 1. The van der Waals surface area contributed by atoms with Crippen LogP contribution in [-0.4, -0.2) is 29.1 Å².